The summed E-state index contributed by atoms with van der Waals surface area (Å²) in [6.45, 7) is 8.07. The number of carbonyl (C=O) groups is 2. The van der Waals surface area contributed by atoms with Crippen LogP contribution in [0.1, 0.15) is 40.5 Å². The predicted molar refractivity (Wildman–Crippen MR) is 71.5 cm³/mol. The summed E-state index contributed by atoms with van der Waals surface area (Å²) in [5.41, 5.74) is 0. The maximum absolute atomic E-state index is 11.8. The molecule has 0 bridgehead atoms. The third kappa shape index (κ3) is 7.14. The average Bonchev–Trinajstić information content (AvgIpc) is 2.25. The first-order valence-electron chi connectivity index (χ1n) is 6.48. The summed E-state index contributed by atoms with van der Waals surface area (Å²) >= 11 is 0. The Kier molecular flexibility index (Phi) is 7.39. The van der Waals surface area contributed by atoms with Gasteiger partial charge in [0.15, 0.2) is 0 Å². The number of amides is 2. The van der Waals surface area contributed by atoms with E-state index in [0.717, 1.165) is 12.8 Å². The topological polar surface area (TPSA) is 69.6 Å². The van der Waals surface area contributed by atoms with Crippen molar-refractivity contribution in [2.45, 2.75) is 46.6 Å². The number of carbonyl (C=O) groups excluding carboxylic acids is 1. The summed E-state index contributed by atoms with van der Waals surface area (Å²) in [7, 11) is 1.62. The minimum atomic E-state index is -0.887. The fourth-order valence-electron chi connectivity index (χ4n) is 1.55. The third-order valence-electron chi connectivity index (χ3n) is 2.86. The van der Waals surface area contributed by atoms with Gasteiger partial charge < -0.3 is 15.3 Å². The molecule has 2 unspecified atom stereocenters. The Labute approximate surface area is 110 Å². The molecule has 0 radical (unpaired) electrons. The molecule has 0 saturated heterocycles. The van der Waals surface area contributed by atoms with Gasteiger partial charge in [0.1, 0.15) is 0 Å². The molecule has 0 heterocycles. The minimum absolute atomic E-state index is 0.113. The third-order valence-corrected chi connectivity index (χ3v) is 2.86. The first-order valence-corrected chi connectivity index (χ1v) is 6.48. The van der Waals surface area contributed by atoms with Gasteiger partial charge in [-0.05, 0) is 25.7 Å². The fraction of sp³-hybridized carbons (Fsp3) is 0.846. The van der Waals surface area contributed by atoms with Crippen molar-refractivity contribution in [3.8, 4) is 0 Å². The lowest BCUT2D eigenvalue weighted by molar-refractivity contribution is -0.141. The van der Waals surface area contributed by atoms with Gasteiger partial charge in [0.05, 0.1) is 5.92 Å². The summed E-state index contributed by atoms with van der Waals surface area (Å²) in [5, 5.41) is 11.7. The molecule has 0 saturated carbocycles. The standard InChI is InChI=1S/C13H26N2O3/c1-9(2)6-7-11(4)14-13(18)15(5)8-10(3)12(16)17/h9-11H,6-8H2,1-5H3,(H,14,18)(H,16,17). The number of carboxylic acids is 1. The van der Waals surface area contributed by atoms with Gasteiger partial charge in [-0.15, -0.1) is 0 Å². The molecule has 2 amide bonds. The molecule has 5 heteroatoms. The average molecular weight is 258 g/mol. The van der Waals surface area contributed by atoms with E-state index in [1.165, 1.54) is 4.90 Å². The van der Waals surface area contributed by atoms with Gasteiger partial charge in [0, 0.05) is 19.6 Å². The smallest absolute Gasteiger partial charge is 0.317 e. The lowest BCUT2D eigenvalue weighted by Gasteiger charge is -2.23. The molecule has 2 N–H and O–H groups in total. The molecule has 0 aromatic carbocycles. The zero-order chi connectivity index (χ0) is 14.3. The van der Waals surface area contributed by atoms with Gasteiger partial charge in [-0.2, -0.15) is 0 Å². The first-order chi connectivity index (χ1) is 8.23. The minimum Gasteiger partial charge on any atom is -0.481 e. The van der Waals surface area contributed by atoms with Crippen LogP contribution in [0, 0.1) is 11.8 Å². The molecule has 0 aromatic rings. The van der Waals surface area contributed by atoms with Gasteiger partial charge in [-0.25, -0.2) is 4.79 Å². The highest BCUT2D eigenvalue weighted by atomic mass is 16.4. The van der Waals surface area contributed by atoms with Crippen molar-refractivity contribution in [2.75, 3.05) is 13.6 Å². The van der Waals surface area contributed by atoms with E-state index in [1.807, 2.05) is 6.92 Å². The maximum atomic E-state index is 11.8. The first kappa shape index (κ1) is 16.7. The van der Waals surface area contributed by atoms with Crippen LogP contribution in [0.4, 0.5) is 4.79 Å². The van der Waals surface area contributed by atoms with Gasteiger partial charge in [-0.1, -0.05) is 20.8 Å². The quantitative estimate of drug-likeness (QED) is 0.735. The van der Waals surface area contributed by atoms with Crippen molar-refractivity contribution in [1.29, 1.82) is 0 Å². The number of rotatable bonds is 7. The number of nitrogens with one attached hydrogen (secondary N) is 1. The normalized spacial score (nSPS) is 14.1. The van der Waals surface area contributed by atoms with E-state index < -0.39 is 11.9 Å². The zero-order valence-electron chi connectivity index (χ0n) is 12.1. The van der Waals surface area contributed by atoms with Crippen LogP contribution < -0.4 is 5.32 Å². The van der Waals surface area contributed by atoms with E-state index in [0.29, 0.717) is 5.92 Å². The molecular weight excluding hydrogens is 232 g/mol. The fourth-order valence-corrected chi connectivity index (χ4v) is 1.55. The van der Waals surface area contributed by atoms with Gasteiger partial charge in [-0.3, -0.25) is 4.79 Å². The monoisotopic (exact) mass is 258 g/mol. The lowest BCUT2D eigenvalue weighted by Crippen LogP contribution is -2.44. The Bertz CT molecular complexity index is 279. The Balaban J connectivity index is 4.03. The second-order valence-corrected chi connectivity index (χ2v) is 5.44. The number of nitrogens with zero attached hydrogens (tertiary/aromatic N) is 1. The van der Waals surface area contributed by atoms with Gasteiger partial charge >= 0.3 is 12.0 Å². The summed E-state index contributed by atoms with van der Waals surface area (Å²) in [6, 6.07) is -0.0955. The Morgan fingerprint density at radius 3 is 2.17 bits per heavy atom. The van der Waals surface area contributed by atoms with E-state index in [1.54, 1.807) is 14.0 Å². The van der Waals surface area contributed by atoms with Crippen molar-refractivity contribution >= 4 is 12.0 Å². The van der Waals surface area contributed by atoms with E-state index >= 15 is 0 Å². The molecule has 2 atom stereocenters. The summed E-state index contributed by atoms with van der Waals surface area (Å²) in [5.74, 6) is -0.816. The van der Waals surface area contributed by atoms with Crippen molar-refractivity contribution in [3.05, 3.63) is 0 Å². The van der Waals surface area contributed by atoms with Crippen LogP contribution in [-0.4, -0.2) is 41.6 Å². The van der Waals surface area contributed by atoms with Crippen molar-refractivity contribution in [3.63, 3.8) is 0 Å². The van der Waals surface area contributed by atoms with E-state index in [9.17, 15) is 9.59 Å². The number of aliphatic carboxylic acids is 1. The van der Waals surface area contributed by atoms with Crippen molar-refractivity contribution in [1.82, 2.24) is 10.2 Å². The molecule has 0 aliphatic heterocycles. The van der Waals surface area contributed by atoms with Gasteiger partial charge in [0.2, 0.25) is 0 Å². The van der Waals surface area contributed by atoms with Crippen LogP contribution >= 0.6 is 0 Å². The van der Waals surface area contributed by atoms with Crippen LogP contribution in [0.15, 0.2) is 0 Å². The molecule has 0 aromatic heterocycles. The maximum Gasteiger partial charge on any atom is 0.317 e. The van der Waals surface area contributed by atoms with Gasteiger partial charge in [0.25, 0.3) is 0 Å². The predicted octanol–water partition coefficient (Wildman–Crippen LogP) is 2.17. The highest BCUT2D eigenvalue weighted by molar-refractivity contribution is 5.75. The van der Waals surface area contributed by atoms with Crippen molar-refractivity contribution < 1.29 is 14.7 Å². The zero-order valence-corrected chi connectivity index (χ0v) is 12.1. The highest BCUT2D eigenvalue weighted by Crippen LogP contribution is 2.07. The molecule has 0 spiro atoms. The summed E-state index contributed by atoms with van der Waals surface area (Å²) in [6.07, 6.45) is 2.00. The van der Waals surface area contributed by atoms with Crippen LogP contribution in [0.2, 0.25) is 0 Å². The Morgan fingerprint density at radius 1 is 1.17 bits per heavy atom. The number of hydrogen-bond donors (Lipinski definition) is 2. The molecule has 5 nitrogen and oxygen atoms in total. The molecule has 18 heavy (non-hydrogen) atoms. The SMILES string of the molecule is CC(C)CCC(C)NC(=O)N(C)CC(C)C(=O)O. The summed E-state index contributed by atoms with van der Waals surface area (Å²) < 4.78 is 0. The Hall–Kier alpha value is -1.26. The van der Waals surface area contributed by atoms with E-state index in [-0.39, 0.29) is 18.6 Å². The molecule has 0 fully saturated rings. The van der Waals surface area contributed by atoms with E-state index in [2.05, 4.69) is 19.2 Å². The van der Waals surface area contributed by atoms with Crippen LogP contribution in [0.5, 0.6) is 0 Å². The van der Waals surface area contributed by atoms with Crippen LogP contribution in [-0.2, 0) is 4.79 Å². The number of carboxylic acid groups (broad SMARTS) is 1. The molecule has 0 aliphatic carbocycles. The molecule has 0 rings (SSSR count). The van der Waals surface area contributed by atoms with Crippen LogP contribution in [0.25, 0.3) is 0 Å². The Morgan fingerprint density at radius 2 is 1.72 bits per heavy atom. The molecular formula is C13H26N2O3. The second kappa shape index (κ2) is 7.95. The van der Waals surface area contributed by atoms with E-state index in [4.69, 9.17) is 5.11 Å². The highest BCUT2D eigenvalue weighted by Gasteiger charge is 2.18. The molecule has 106 valence electrons. The van der Waals surface area contributed by atoms with Crippen LogP contribution in [0.3, 0.4) is 0 Å². The summed E-state index contributed by atoms with van der Waals surface area (Å²) in [4.78, 5) is 23.9. The second-order valence-electron chi connectivity index (χ2n) is 5.44. The largest absolute Gasteiger partial charge is 0.481 e. The molecule has 0 aliphatic rings. The van der Waals surface area contributed by atoms with Crippen molar-refractivity contribution in [2.24, 2.45) is 11.8 Å². The number of urea groups is 1. The number of hydrogen-bond acceptors (Lipinski definition) is 2. The lowest BCUT2D eigenvalue weighted by atomic mass is 10.0.